The Morgan fingerprint density at radius 3 is 2.29 bits per heavy atom. The number of piperazine rings is 1. The van der Waals surface area contributed by atoms with Crippen LogP contribution in [0.5, 0.6) is 0 Å². The van der Waals surface area contributed by atoms with E-state index in [0.717, 1.165) is 17.7 Å². The van der Waals surface area contributed by atoms with Crippen LogP contribution in [0, 0.1) is 5.82 Å². The van der Waals surface area contributed by atoms with Gasteiger partial charge < -0.3 is 15.5 Å². The lowest BCUT2D eigenvalue weighted by Crippen LogP contribution is -2.53. The van der Waals surface area contributed by atoms with Crippen molar-refractivity contribution in [1.82, 2.24) is 20.0 Å². The van der Waals surface area contributed by atoms with E-state index in [1.54, 1.807) is 4.90 Å². The summed E-state index contributed by atoms with van der Waals surface area (Å²) in [5.41, 5.74) is -0.290. The first kappa shape index (κ1) is 21.2. The predicted octanol–water partition coefficient (Wildman–Crippen LogP) is 0.773. The zero-order valence-corrected chi connectivity index (χ0v) is 17.2. The summed E-state index contributed by atoms with van der Waals surface area (Å²) in [4.78, 5) is 54.4. The van der Waals surface area contributed by atoms with Gasteiger partial charge in [0.1, 0.15) is 17.9 Å². The van der Waals surface area contributed by atoms with Crippen LogP contribution in [-0.2, 0) is 14.4 Å². The molecule has 10 heteroatoms. The van der Waals surface area contributed by atoms with Gasteiger partial charge in [0.15, 0.2) is 0 Å². The van der Waals surface area contributed by atoms with Crippen LogP contribution in [-0.4, -0.2) is 83.3 Å². The molecule has 1 aliphatic carbocycles. The molecule has 166 valence electrons. The lowest BCUT2D eigenvalue weighted by atomic mass is 9.98. The van der Waals surface area contributed by atoms with Gasteiger partial charge in [-0.15, -0.1) is 0 Å². The van der Waals surface area contributed by atoms with Gasteiger partial charge in [-0.1, -0.05) is 12.8 Å². The minimum Gasteiger partial charge on any atom is -0.339 e. The molecule has 0 bridgehead atoms. The van der Waals surface area contributed by atoms with Crippen LogP contribution in [0.15, 0.2) is 24.3 Å². The zero-order chi connectivity index (χ0) is 22.0. The predicted molar refractivity (Wildman–Crippen MR) is 109 cm³/mol. The van der Waals surface area contributed by atoms with Crippen molar-refractivity contribution in [2.24, 2.45) is 0 Å². The number of rotatable bonds is 5. The first-order valence-corrected chi connectivity index (χ1v) is 10.6. The number of anilines is 1. The van der Waals surface area contributed by atoms with Crippen molar-refractivity contribution in [1.29, 1.82) is 0 Å². The molecule has 2 N–H and O–H groups in total. The van der Waals surface area contributed by atoms with E-state index in [4.69, 9.17) is 0 Å². The fourth-order valence-corrected chi connectivity index (χ4v) is 4.46. The minimum atomic E-state index is -0.812. The van der Waals surface area contributed by atoms with E-state index in [-0.39, 0.29) is 36.6 Å². The van der Waals surface area contributed by atoms with Crippen molar-refractivity contribution in [3.05, 3.63) is 30.1 Å². The number of halogens is 1. The third kappa shape index (κ3) is 4.53. The smallest absolute Gasteiger partial charge is 0.325 e. The second-order valence-electron chi connectivity index (χ2n) is 8.32. The second-order valence-corrected chi connectivity index (χ2v) is 8.32. The number of benzene rings is 1. The fraction of sp³-hybridized carbons (Fsp3) is 0.524. The van der Waals surface area contributed by atoms with Gasteiger partial charge in [0.2, 0.25) is 11.8 Å². The molecule has 3 fully saturated rings. The highest BCUT2D eigenvalue weighted by Crippen LogP contribution is 2.34. The molecule has 0 radical (unpaired) electrons. The van der Waals surface area contributed by atoms with E-state index in [0.29, 0.717) is 44.7 Å². The molecule has 1 spiro atoms. The number of nitrogens with zero attached hydrogens (tertiary/aromatic N) is 3. The van der Waals surface area contributed by atoms with Gasteiger partial charge in [0, 0.05) is 31.9 Å². The van der Waals surface area contributed by atoms with E-state index in [1.165, 1.54) is 24.3 Å². The highest BCUT2D eigenvalue weighted by Gasteiger charge is 2.52. The first-order chi connectivity index (χ1) is 14.9. The quantitative estimate of drug-likeness (QED) is 0.671. The summed E-state index contributed by atoms with van der Waals surface area (Å²) in [5.74, 6) is -1.15. The zero-order valence-electron chi connectivity index (χ0n) is 17.2. The van der Waals surface area contributed by atoms with Crippen LogP contribution < -0.4 is 10.6 Å². The Kier molecular flexibility index (Phi) is 5.90. The number of carbonyl (C=O) groups is 4. The molecule has 4 rings (SSSR count). The van der Waals surface area contributed by atoms with Crippen molar-refractivity contribution in [3.63, 3.8) is 0 Å². The van der Waals surface area contributed by atoms with Crippen LogP contribution in [0.4, 0.5) is 14.9 Å². The Balaban J connectivity index is 1.23. The molecule has 3 aliphatic rings. The van der Waals surface area contributed by atoms with Crippen molar-refractivity contribution in [2.75, 3.05) is 44.6 Å². The molecule has 1 aromatic carbocycles. The Morgan fingerprint density at radius 1 is 1.00 bits per heavy atom. The average molecular weight is 431 g/mol. The molecule has 2 heterocycles. The minimum absolute atomic E-state index is 0.162. The summed E-state index contributed by atoms with van der Waals surface area (Å²) in [6, 6.07) is 5.06. The molecule has 0 aromatic heterocycles. The van der Waals surface area contributed by atoms with Gasteiger partial charge in [-0.25, -0.2) is 9.18 Å². The van der Waals surface area contributed by atoms with Gasteiger partial charge in [-0.2, -0.15) is 0 Å². The van der Waals surface area contributed by atoms with E-state index < -0.39 is 11.6 Å². The lowest BCUT2D eigenvalue weighted by Gasteiger charge is -2.34. The normalized spacial score (nSPS) is 20.9. The SMILES string of the molecule is O=C(CN1CCN(C(=O)CN2C(=O)NC3(CCCC3)C2=O)CC1)Nc1ccc(F)cc1. The molecule has 0 atom stereocenters. The highest BCUT2D eigenvalue weighted by atomic mass is 19.1. The van der Waals surface area contributed by atoms with Crippen molar-refractivity contribution in [3.8, 4) is 0 Å². The summed E-state index contributed by atoms with van der Waals surface area (Å²) in [6.07, 6.45) is 3.04. The molecule has 1 aromatic rings. The number of imide groups is 1. The van der Waals surface area contributed by atoms with E-state index in [9.17, 15) is 23.6 Å². The molecule has 2 aliphatic heterocycles. The lowest BCUT2D eigenvalue weighted by molar-refractivity contribution is -0.140. The maximum absolute atomic E-state index is 12.9. The highest BCUT2D eigenvalue weighted by molar-refractivity contribution is 6.09. The third-order valence-electron chi connectivity index (χ3n) is 6.22. The van der Waals surface area contributed by atoms with Crippen molar-refractivity contribution >= 4 is 29.4 Å². The number of carbonyl (C=O) groups excluding carboxylic acids is 4. The summed E-state index contributed by atoms with van der Waals surface area (Å²) in [6.45, 7) is 1.75. The van der Waals surface area contributed by atoms with E-state index in [2.05, 4.69) is 10.6 Å². The standard InChI is InChI=1S/C21H26FN5O4/c22-15-3-5-16(6-4-15)23-17(28)13-25-9-11-26(12-10-25)18(29)14-27-19(30)21(24-20(27)31)7-1-2-8-21/h3-6H,1-2,7-14H2,(H,23,28)(H,24,31). The van der Waals surface area contributed by atoms with Gasteiger partial charge in [-0.05, 0) is 37.1 Å². The van der Waals surface area contributed by atoms with E-state index >= 15 is 0 Å². The Hall–Kier alpha value is -3.01. The van der Waals surface area contributed by atoms with Crippen LogP contribution in [0.25, 0.3) is 0 Å². The Labute approximate surface area is 179 Å². The Morgan fingerprint density at radius 2 is 1.65 bits per heavy atom. The van der Waals surface area contributed by atoms with Gasteiger partial charge in [-0.3, -0.25) is 24.2 Å². The van der Waals surface area contributed by atoms with Crippen LogP contribution in [0.2, 0.25) is 0 Å². The largest absolute Gasteiger partial charge is 0.339 e. The van der Waals surface area contributed by atoms with Crippen molar-refractivity contribution in [2.45, 2.75) is 31.2 Å². The number of nitrogens with one attached hydrogen (secondary N) is 2. The number of hydrogen-bond donors (Lipinski definition) is 2. The molecule has 31 heavy (non-hydrogen) atoms. The van der Waals surface area contributed by atoms with E-state index in [1.807, 2.05) is 4.90 Å². The monoisotopic (exact) mass is 431 g/mol. The summed E-state index contributed by atoms with van der Waals surface area (Å²) < 4.78 is 12.9. The number of hydrogen-bond acceptors (Lipinski definition) is 5. The average Bonchev–Trinajstić information content (AvgIpc) is 3.31. The van der Waals surface area contributed by atoms with Crippen LogP contribution in [0.1, 0.15) is 25.7 Å². The number of amides is 5. The van der Waals surface area contributed by atoms with Crippen LogP contribution >= 0.6 is 0 Å². The molecule has 0 unspecified atom stereocenters. The molecular formula is C21H26FN5O4. The van der Waals surface area contributed by atoms with Crippen LogP contribution in [0.3, 0.4) is 0 Å². The van der Waals surface area contributed by atoms with Gasteiger partial charge in [0.05, 0.1) is 6.54 Å². The van der Waals surface area contributed by atoms with Gasteiger partial charge in [0.25, 0.3) is 5.91 Å². The molecule has 2 saturated heterocycles. The summed E-state index contributed by atoms with van der Waals surface area (Å²) >= 11 is 0. The molecule has 5 amide bonds. The Bertz CT molecular complexity index is 876. The van der Waals surface area contributed by atoms with Crippen molar-refractivity contribution < 1.29 is 23.6 Å². The summed E-state index contributed by atoms with van der Waals surface area (Å²) in [7, 11) is 0. The maximum Gasteiger partial charge on any atom is 0.325 e. The fourth-order valence-electron chi connectivity index (χ4n) is 4.46. The molecular weight excluding hydrogens is 405 g/mol. The molecule has 9 nitrogen and oxygen atoms in total. The topological polar surface area (TPSA) is 102 Å². The first-order valence-electron chi connectivity index (χ1n) is 10.6. The number of urea groups is 1. The maximum atomic E-state index is 12.9. The van der Waals surface area contributed by atoms with Gasteiger partial charge >= 0.3 is 6.03 Å². The summed E-state index contributed by atoms with van der Waals surface area (Å²) in [5, 5.41) is 5.50. The second kappa shape index (κ2) is 8.62. The third-order valence-corrected chi connectivity index (χ3v) is 6.22. The molecule has 1 saturated carbocycles.